The van der Waals surface area contributed by atoms with E-state index in [-0.39, 0.29) is 31.1 Å². The van der Waals surface area contributed by atoms with Crippen LogP contribution in [0.3, 0.4) is 0 Å². The first-order chi connectivity index (χ1) is 23.3. The number of hydrogen-bond donors (Lipinski definition) is 2. The van der Waals surface area contributed by atoms with Crippen molar-refractivity contribution >= 4 is 46.9 Å². The molecule has 0 radical (unpaired) electrons. The summed E-state index contributed by atoms with van der Waals surface area (Å²) in [6.45, 7) is 6.54. The number of ether oxygens (including phenoxy) is 2. The van der Waals surface area contributed by atoms with Gasteiger partial charge in [-0.2, -0.15) is 0 Å². The molecule has 1 fully saturated rings. The Hall–Kier alpha value is -4.12. The van der Waals surface area contributed by atoms with Crippen LogP contribution in [0.15, 0.2) is 66.7 Å². The minimum absolute atomic E-state index is 0.00795. The molecule has 49 heavy (non-hydrogen) atoms. The van der Waals surface area contributed by atoms with E-state index in [1.165, 1.54) is 6.92 Å². The molecule has 260 valence electrons. The number of fused-ring (bicyclic) bond motifs is 1. The summed E-state index contributed by atoms with van der Waals surface area (Å²) in [5.41, 5.74) is 4.15. The molecule has 0 spiro atoms. The Labute approximate surface area is 296 Å². The van der Waals surface area contributed by atoms with Crippen LogP contribution < -0.4 is 15.5 Å². The smallest absolute Gasteiger partial charge is 0.344 e. The first kappa shape index (κ1) is 36.2. The number of hydroxylamine groups is 1. The predicted octanol–water partition coefficient (Wildman–Crippen LogP) is 6.69. The van der Waals surface area contributed by atoms with Gasteiger partial charge < -0.3 is 19.7 Å². The molecule has 1 aliphatic heterocycles. The minimum Gasteiger partial charge on any atom is -0.482 e. The van der Waals surface area contributed by atoms with E-state index in [4.69, 9.17) is 37.5 Å². The summed E-state index contributed by atoms with van der Waals surface area (Å²) >= 11 is 13.1. The number of rotatable bonds is 10. The second-order valence-electron chi connectivity index (χ2n) is 13.3. The number of carbonyl (C=O) groups is 4. The van der Waals surface area contributed by atoms with Crippen LogP contribution >= 0.6 is 23.2 Å². The molecule has 12 heteroatoms. The third-order valence-corrected chi connectivity index (χ3v) is 9.06. The lowest BCUT2D eigenvalue weighted by Crippen LogP contribution is -2.59. The van der Waals surface area contributed by atoms with Crippen LogP contribution in [0.4, 0.5) is 0 Å². The largest absolute Gasteiger partial charge is 0.482 e. The van der Waals surface area contributed by atoms with Gasteiger partial charge in [0.1, 0.15) is 11.4 Å². The van der Waals surface area contributed by atoms with Gasteiger partial charge in [-0.3, -0.25) is 19.2 Å². The molecule has 3 amide bonds. The molecule has 1 heterocycles. The van der Waals surface area contributed by atoms with Crippen molar-refractivity contribution in [3.05, 3.63) is 99.0 Å². The van der Waals surface area contributed by atoms with E-state index in [0.29, 0.717) is 50.9 Å². The monoisotopic (exact) mass is 709 g/mol. The van der Waals surface area contributed by atoms with E-state index >= 15 is 0 Å². The maximum atomic E-state index is 14.4. The average Bonchev–Trinajstić information content (AvgIpc) is 3.03. The van der Waals surface area contributed by atoms with Crippen molar-refractivity contribution in [3.63, 3.8) is 0 Å². The van der Waals surface area contributed by atoms with Crippen molar-refractivity contribution in [1.82, 2.24) is 15.7 Å². The van der Waals surface area contributed by atoms with Crippen LogP contribution in [0.5, 0.6) is 5.75 Å². The van der Waals surface area contributed by atoms with Crippen LogP contribution in [0.2, 0.25) is 10.0 Å². The Balaban J connectivity index is 1.42. The predicted molar refractivity (Wildman–Crippen MR) is 185 cm³/mol. The lowest BCUT2D eigenvalue weighted by molar-refractivity contribution is -0.157. The number of nitrogens with one attached hydrogen (secondary N) is 2. The molecule has 4 atom stereocenters. The molecule has 3 aromatic carbocycles. The van der Waals surface area contributed by atoms with E-state index in [9.17, 15) is 19.2 Å². The summed E-state index contributed by atoms with van der Waals surface area (Å²) in [6.07, 6.45) is 3.08. The fourth-order valence-corrected chi connectivity index (χ4v) is 7.16. The normalized spacial score (nSPS) is 20.6. The molecule has 0 bridgehead atoms. The molecule has 0 aromatic heterocycles. The Kier molecular flexibility index (Phi) is 11.5. The summed E-state index contributed by atoms with van der Waals surface area (Å²) in [6, 6.07) is 17.5. The second-order valence-corrected chi connectivity index (χ2v) is 14.2. The SMILES string of the molecule is CC(=O)N[C@H]1CCCC[C@@H]1N1C(=O)c2ccccc2[C@@H](C(=O)NOCc2cccc(OCC(=O)OC(C)(C)C)c2)[C@@H]1c1ccc(Cl)cc1Cl. The molecule has 2 aliphatic rings. The Morgan fingerprint density at radius 2 is 1.69 bits per heavy atom. The quantitative estimate of drug-likeness (QED) is 0.178. The van der Waals surface area contributed by atoms with Crippen molar-refractivity contribution in [2.45, 2.75) is 89.6 Å². The Morgan fingerprint density at radius 1 is 0.939 bits per heavy atom. The number of benzene rings is 3. The van der Waals surface area contributed by atoms with Crippen LogP contribution in [-0.4, -0.2) is 52.9 Å². The van der Waals surface area contributed by atoms with Gasteiger partial charge in [0.2, 0.25) is 5.91 Å². The summed E-state index contributed by atoms with van der Waals surface area (Å²) in [4.78, 5) is 60.5. The van der Waals surface area contributed by atoms with Gasteiger partial charge >= 0.3 is 5.97 Å². The number of amides is 3. The molecule has 1 saturated carbocycles. The van der Waals surface area contributed by atoms with E-state index < -0.39 is 35.5 Å². The molecule has 1 aliphatic carbocycles. The number of carbonyl (C=O) groups excluding carboxylic acids is 4. The first-order valence-electron chi connectivity index (χ1n) is 16.3. The fourth-order valence-electron chi connectivity index (χ4n) is 6.64. The first-order valence-corrected chi connectivity index (χ1v) is 17.1. The zero-order chi connectivity index (χ0) is 35.3. The Morgan fingerprint density at radius 3 is 2.43 bits per heavy atom. The molecule has 2 N–H and O–H groups in total. The molecular weight excluding hydrogens is 669 g/mol. The lowest BCUT2D eigenvalue weighted by Gasteiger charge is -2.49. The van der Waals surface area contributed by atoms with Crippen LogP contribution in [0.25, 0.3) is 0 Å². The van der Waals surface area contributed by atoms with Crippen molar-refractivity contribution in [2.24, 2.45) is 0 Å². The summed E-state index contributed by atoms with van der Waals surface area (Å²) in [7, 11) is 0. The Bertz CT molecular complexity index is 1710. The summed E-state index contributed by atoms with van der Waals surface area (Å²) in [5, 5.41) is 3.77. The highest BCUT2D eigenvalue weighted by molar-refractivity contribution is 6.35. The molecule has 5 rings (SSSR count). The van der Waals surface area contributed by atoms with Gasteiger partial charge in [0.05, 0.1) is 24.6 Å². The van der Waals surface area contributed by atoms with Gasteiger partial charge in [0.25, 0.3) is 11.8 Å². The van der Waals surface area contributed by atoms with Gasteiger partial charge in [-0.15, -0.1) is 0 Å². The highest BCUT2D eigenvalue weighted by Crippen LogP contribution is 2.47. The highest BCUT2D eigenvalue weighted by Gasteiger charge is 2.49. The van der Waals surface area contributed by atoms with Gasteiger partial charge in [0, 0.05) is 28.6 Å². The zero-order valence-corrected chi connectivity index (χ0v) is 29.5. The molecule has 0 unspecified atom stereocenters. The minimum atomic E-state index is -0.920. The standard InChI is InChI=1S/C37H41Cl2N3O7/c1-22(43)40-30-14-7-8-15-31(30)42-34(28-17-16-24(38)19-29(28)39)33(26-12-5-6-13-27(26)36(42)46)35(45)41-48-20-23-10-9-11-25(18-23)47-21-32(44)49-37(2,3)4/h5-6,9-13,16-19,30-31,33-34H,7-8,14-15,20-21H2,1-4H3,(H,40,43)(H,41,45)/t30-,31-,33+,34-/m0/s1. The molecular formula is C37H41Cl2N3O7. The van der Waals surface area contributed by atoms with E-state index in [1.807, 2.05) is 0 Å². The van der Waals surface area contributed by atoms with Crippen LogP contribution in [-0.2, 0) is 30.6 Å². The lowest BCUT2D eigenvalue weighted by atomic mass is 9.76. The van der Waals surface area contributed by atoms with Crippen LogP contribution in [0.1, 0.15) is 92.4 Å². The maximum absolute atomic E-state index is 14.4. The van der Waals surface area contributed by atoms with E-state index in [0.717, 1.165) is 12.8 Å². The van der Waals surface area contributed by atoms with Crippen molar-refractivity contribution < 1.29 is 33.5 Å². The van der Waals surface area contributed by atoms with E-state index in [2.05, 4.69) is 10.8 Å². The van der Waals surface area contributed by atoms with Gasteiger partial charge in [-0.1, -0.05) is 72.4 Å². The van der Waals surface area contributed by atoms with E-state index in [1.54, 1.807) is 92.4 Å². The number of hydrogen-bond acceptors (Lipinski definition) is 7. The average molecular weight is 711 g/mol. The topological polar surface area (TPSA) is 123 Å². The van der Waals surface area contributed by atoms with Crippen molar-refractivity contribution in [2.75, 3.05) is 6.61 Å². The van der Waals surface area contributed by atoms with Gasteiger partial charge in [-0.05, 0) is 80.6 Å². The number of halogens is 2. The summed E-state index contributed by atoms with van der Waals surface area (Å²) < 4.78 is 10.9. The van der Waals surface area contributed by atoms with Gasteiger partial charge in [-0.25, -0.2) is 10.3 Å². The third-order valence-electron chi connectivity index (χ3n) is 8.50. The fraction of sp³-hybridized carbons (Fsp3) is 0.405. The second kappa shape index (κ2) is 15.6. The number of esters is 1. The molecule has 3 aromatic rings. The maximum Gasteiger partial charge on any atom is 0.344 e. The van der Waals surface area contributed by atoms with Crippen LogP contribution in [0, 0.1) is 0 Å². The zero-order valence-electron chi connectivity index (χ0n) is 28.0. The van der Waals surface area contributed by atoms with Gasteiger partial charge in [0.15, 0.2) is 6.61 Å². The third kappa shape index (κ3) is 8.92. The van der Waals surface area contributed by atoms with Crippen molar-refractivity contribution in [1.29, 1.82) is 0 Å². The molecule has 10 nitrogen and oxygen atoms in total. The summed E-state index contributed by atoms with van der Waals surface area (Å²) in [5.74, 6) is -1.89. The highest BCUT2D eigenvalue weighted by atomic mass is 35.5. The number of nitrogens with zero attached hydrogens (tertiary/aromatic N) is 1. The van der Waals surface area contributed by atoms with Crippen molar-refractivity contribution in [3.8, 4) is 5.75 Å². The molecule has 0 saturated heterocycles.